The van der Waals surface area contributed by atoms with Crippen LogP contribution in [-0.4, -0.2) is 17.8 Å². The number of rotatable bonds is 5. The molecule has 0 saturated carbocycles. The smallest absolute Gasteiger partial charge is 0.417 e. The van der Waals surface area contributed by atoms with Gasteiger partial charge in [-0.1, -0.05) is 23.7 Å². The molecule has 0 spiro atoms. The predicted octanol–water partition coefficient (Wildman–Crippen LogP) is 4.80. The Hall–Kier alpha value is -2.42. The molecule has 4 nitrogen and oxygen atoms in total. The number of halogens is 6. The van der Waals surface area contributed by atoms with Crippen LogP contribution in [0.15, 0.2) is 41.6 Å². The lowest BCUT2D eigenvalue weighted by atomic mass is 10.2. The van der Waals surface area contributed by atoms with Gasteiger partial charge in [0.25, 0.3) is 0 Å². The minimum absolute atomic E-state index is 0.0559. The van der Waals surface area contributed by atoms with Gasteiger partial charge in [0.2, 0.25) is 0 Å². The molecular weight excluding hydrogens is 357 g/mol. The molecule has 0 saturated heterocycles. The van der Waals surface area contributed by atoms with Crippen LogP contribution in [0.25, 0.3) is 0 Å². The second-order valence-corrected chi connectivity index (χ2v) is 4.78. The SMILES string of the molecule is FC(F)Oc1cccc(/C=N\Nc2ncc(C(F)(F)F)cc2Cl)c1. The van der Waals surface area contributed by atoms with Crippen molar-refractivity contribution in [2.24, 2.45) is 5.10 Å². The monoisotopic (exact) mass is 365 g/mol. The van der Waals surface area contributed by atoms with Crippen LogP contribution in [0.1, 0.15) is 11.1 Å². The highest BCUT2D eigenvalue weighted by Crippen LogP contribution is 2.32. The van der Waals surface area contributed by atoms with E-state index in [0.29, 0.717) is 17.8 Å². The van der Waals surface area contributed by atoms with E-state index in [0.717, 1.165) is 0 Å². The van der Waals surface area contributed by atoms with Crippen LogP contribution in [0.4, 0.5) is 27.8 Å². The van der Waals surface area contributed by atoms with Crippen LogP contribution in [-0.2, 0) is 6.18 Å². The fourth-order valence-corrected chi connectivity index (χ4v) is 1.82. The van der Waals surface area contributed by atoms with Crippen LogP contribution >= 0.6 is 11.6 Å². The topological polar surface area (TPSA) is 46.5 Å². The highest BCUT2D eigenvalue weighted by Gasteiger charge is 2.31. The van der Waals surface area contributed by atoms with Crippen LogP contribution in [0.2, 0.25) is 5.02 Å². The van der Waals surface area contributed by atoms with E-state index in [4.69, 9.17) is 11.6 Å². The van der Waals surface area contributed by atoms with Gasteiger partial charge in [-0.3, -0.25) is 5.43 Å². The summed E-state index contributed by atoms with van der Waals surface area (Å²) >= 11 is 5.70. The third-order valence-corrected chi connectivity index (χ3v) is 2.92. The van der Waals surface area contributed by atoms with Crippen molar-refractivity contribution in [3.8, 4) is 5.75 Å². The fourth-order valence-electron chi connectivity index (χ4n) is 1.61. The Bertz CT molecular complexity index is 737. The number of ether oxygens (including phenoxy) is 1. The highest BCUT2D eigenvalue weighted by atomic mass is 35.5. The van der Waals surface area contributed by atoms with Crippen molar-refractivity contribution < 1.29 is 26.7 Å². The van der Waals surface area contributed by atoms with E-state index in [1.54, 1.807) is 6.07 Å². The van der Waals surface area contributed by atoms with Crippen molar-refractivity contribution in [2.45, 2.75) is 12.8 Å². The number of pyridine rings is 1. The van der Waals surface area contributed by atoms with Crippen molar-refractivity contribution in [3.05, 3.63) is 52.7 Å². The summed E-state index contributed by atoms with van der Waals surface area (Å²) in [6.07, 6.45) is -2.70. The molecule has 2 aromatic rings. The zero-order chi connectivity index (χ0) is 17.7. The number of nitrogens with one attached hydrogen (secondary N) is 1. The second-order valence-electron chi connectivity index (χ2n) is 4.37. The fraction of sp³-hybridized carbons (Fsp3) is 0.143. The predicted molar refractivity (Wildman–Crippen MR) is 78.5 cm³/mol. The van der Waals surface area contributed by atoms with Crippen molar-refractivity contribution in [1.82, 2.24) is 4.98 Å². The number of anilines is 1. The molecule has 0 unspecified atom stereocenters. The normalized spacial score (nSPS) is 12.0. The van der Waals surface area contributed by atoms with Crippen LogP contribution in [0, 0.1) is 0 Å². The largest absolute Gasteiger partial charge is 0.435 e. The van der Waals surface area contributed by atoms with Gasteiger partial charge in [0.05, 0.1) is 16.8 Å². The third-order valence-electron chi connectivity index (χ3n) is 2.64. The first-order valence-corrected chi connectivity index (χ1v) is 6.70. The number of hydrogen-bond acceptors (Lipinski definition) is 4. The summed E-state index contributed by atoms with van der Waals surface area (Å²) < 4.78 is 65.9. The molecule has 2 rings (SSSR count). The number of hydrogen-bond donors (Lipinski definition) is 1. The molecule has 1 heterocycles. The van der Waals surface area contributed by atoms with Gasteiger partial charge in [0.15, 0.2) is 5.82 Å². The summed E-state index contributed by atoms with van der Waals surface area (Å²) in [5, 5.41) is 3.47. The molecule has 0 bridgehead atoms. The third kappa shape index (κ3) is 5.05. The molecule has 10 heteroatoms. The zero-order valence-electron chi connectivity index (χ0n) is 11.7. The zero-order valence-corrected chi connectivity index (χ0v) is 12.4. The van der Waals surface area contributed by atoms with E-state index >= 15 is 0 Å². The van der Waals surface area contributed by atoms with Gasteiger partial charge < -0.3 is 4.74 Å². The van der Waals surface area contributed by atoms with Crippen molar-refractivity contribution >= 4 is 23.6 Å². The number of hydrazone groups is 1. The van der Waals surface area contributed by atoms with Gasteiger partial charge in [-0.2, -0.15) is 27.1 Å². The van der Waals surface area contributed by atoms with Gasteiger partial charge in [0.1, 0.15) is 5.75 Å². The molecule has 0 aliphatic carbocycles. The van der Waals surface area contributed by atoms with Crippen molar-refractivity contribution in [1.29, 1.82) is 0 Å². The lowest BCUT2D eigenvalue weighted by Crippen LogP contribution is -2.06. The molecule has 0 aliphatic rings. The van der Waals surface area contributed by atoms with Crippen LogP contribution in [0.5, 0.6) is 5.75 Å². The first-order chi connectivity index (χ1) is 11.3. The number of aromatic nitrogens is 1. The van der Waals surface area contributed by atoms with E-state index in [1.165, 1.54) is 24.4 Å². The van der Waals surface area contributed by atoms with Gasteiger partial charge in [-0.05, 0) is 23.8 Å². The molecule has 128 valence electrons. The maximum Gasteiger partial charge on any atom is 0.417 e. The Morgan fingerprint density at radius 3 is 2.62 bits per heavy atom. The van der Waals surface area contributed by atoms with Crippen molar-refractivity contribution in [3.63, 3.8) is 0 Å². The van der Waals surface area contributed by atoms with E-state index in [9.17, 15) is 22.0 Å². The molecule has 0 amide bonds. The minimum atomic E-state index is -4.55. The summed E-state index contributed by atoms with van der Waals surface area (Å²) in [5.74, 6) is -0.138. The lowest BCUT2D eigenvalue weighted by Gasteiger charge is -2.08. The molecule has 24 heavy (non-hydrogen) atoms. The van der Waals surface area contributed by atoms with Gasteiger partial charge >= 0.3 is 12.8 Å². The Labute approximate surface area is 137 Å². The molecule has 1 aromatic carbocycles. The number of benzene rings is 1. The molecule has 0 radical (unpaired) electrons. The average molecular weight is 366 g/mol. The summed E-state index contributed by atoms with van der Waals surface area (Å²) in [6.45, 7) is -2.95. The molecule has 1 N–H and O–H groups in total. The number of nitrogens with zero attached hydrogens (tertiary/aromatic N) is 2. The summed E-state index contributed by atoms with van der Waals surface area (Å²) in [6, 6.07) is 6.39. The molecule has 0 atom stereocenters. The maximum atomic E-state index is 12.5. The quantitative estimate of drug-likeness (QED) is 0.470. The summed E-state index contributed by atoms with van der Waals surface area (Å²) in [4.78, 5) is 3.53. The maximum absolute atomic E-state index is 12.5. The summed E-state index contributed by atoms with van der Waals surface area (Å²) in [5.41, 5.74) is 1.80. The summed E-state index contributed by atoms with van der Waals surface area (Å²) in [7, 11) is 0. The Morgan fingerprint density at radius 1 is 1.25 bits per heavy atom. The Kier molecular flexibility index (Phi) is 5.55. The average Bonchev–Trinajstić information content (AvgIpc) is 2.47. The highest BCUT2D eigenvalue weighted by molar-refractivity contribution is 6.32. The minimum Gasteiger partial charge on any atom is -0.435 e. The van der Waals surface area contributed by atoms with E-state index in [2.05, 4.69) is 20.2 Å². The molecular formula is C14H9ClF5N3O. The van der Waals surface area contributed by atoms with Gasteiger partial charge in [-0.15, -0.1) is 0 Å². The van der Waals surface area contributed by atoms with Gasteiger partial charge in [-0.25, -0.2) is 4.98 Å². The van der Waals surface area contributed by atoms with Crippen LogP contribution < -0.4 is 10.2 Å². The Balaban J connectivity index is 2.07. The Morgan fingerprint density at radius 2 is 2.00 bits per heavy atom. The van der Waals surface area contributed by atoms with E-state index in [-0.39, 0.29) is 16.6 Å². The molecule has 1 aromatic heterocycles. The van der Waals surface area contributed by atoms with E-state index < -0.39 is 18.4 Å². The first-order valence-electron chi connectivity index (χ1n) is 6.32. The van der Waals surface area contributed by atoms with E-state index in [1.807, 2.05) is 0 Å². The standard InChI is InChI=1S/C14H9ClF5N3O/c15-11-5-9(14(18,19)20)7-21-12(11)23-22-6-8-2-1-3-10(4-8)24-13(16)17/h1-7,13H,(H,21,23)/b22-6-. The molecule has 0 fully saturated rings. The molecule has 0 aliphatic heterocycles. The lowest BCUT2D eigenvalue weighted by molar-refractivity contribution is -0.137. The first kappa shape index (κ1) is 17.9. The van der Waals surface area contributed by atoms with Gasteiger partial charge in [0, 0.05) is 6.20 Å². The van der Waals surface area contributed by atoms with Crippen molar-refractivity contribution in [2.75, 3.05) is 5.43 Å². The second kappa shape index (κ2) is 7.43. The van der Waals surface area contributed by atoms with Crippen LogP contribution in [0.3, 0.4) is 0 Å². The number of alkyl halides is 5.